The summed E-state index contributed by atoms with van der Waals surface area (Å²) in [4.78, 5) is 2.85. The van der Waals surface area contributed by atoms with E-state index in [1.54, 1.807) is 33.4 Å². The molecule has 0 saturated carbocycles. The molecule has 0 N–H and O–H groups in total. The van der Waals surface area contributed by atoms with Gasteiger partial charge in [-0.3, -0.25) is 0 Å². The molecule has 0 atom stereocenters. The minimum Gasteiger partial charge on any atom is -0.309 e. The van der Waals surface area contributed by atoms with Crippen molar-refractivity contribution in [2.24, 2.45) is 0 Å². The van der Waals surface area contributed by atoms with E-state index in [4.69, 9.17) is 0 Å². The summed E-state index contributed by atoms with van der Waals surface area (Å²) in [5.41, 5.74) is 29.8. The van der Waals surface area contributed by atoms with Crippen molar-refractivity contribution in [3.05, 3.63) is 194 Å². The Labute approximate surface area is 344 Å². The Morgan fingerprint density at radius 1 is 0.362 bits per heavy atom. The van der Waals surface area contributed by atoms with Crippen LogP contribution in [0.2, 0.25) is 0 Å². The van der Waals surface area contributed by atoms with Crippen LogP contribution < -0.4 is 4.90 Å². The first-order chi connectivity index (χ1) is 28.6. The van der Waals surface area contributed by atoms with Gasteiger partial charge in [-0.2, -0.15) is 0 Å². The maximum atomic E-state index is 2.85. The van der Waals surface area contributed by atoms with Gasteiger partial charge >= 0.3 is 0 Å². The molecular formula is C57H51N. The Hall–Kier alpha value is -5.66. The van der Waals surface area contributed by atoms with Crippen molar-refractivity contribution in [3.63, 3.8) is 0 Å². The Morgan fingerprint density at radius 3 is 1.36 bits per heavy atom. The zero-order valence-electron chi connectivity index (χ0n) is 34.1. The molecule has 0 amide bonds. The van der Waals surface area contributed by atoms with Crippen LogP contribution in [0.4, 0.5) is 17.1 Å². The lowest BCUT2D eigenvalue weighted by Gasteiger charge is -2.38. The van der Waals surface area contributed by atoms with E-state index in [0.29, 0.717) is 0 Å². The van der Waals surface area contributed by atoms with Crippen LogP contribution in [0.15, 0.2) is 127 Å². The first-order valence-corrected chi connectivity index (χ1v) is 22.2. The third-order valence-electron chi connectivity index (χ3n) is 14.9. The molecule has 7 aromatic rings. The molecule has 0 aliphatic heterocycles. The van der Waals surface area contributed by atoms with Gasteiger partial charge in [-0.1, -0.05) is 115 Å². The summed E-state index contributed by atoms with van der Waals surface area (Å²) < 4.78 is 0. The van der Waals surface area contributed by atoms with Gasteiger partial charge in [-0.25, -0.2) is 0 Å². The third kappa shape index (κ3) is 4.77. The minimum atomic E-state index is -0.412. The predicted molar refractivity (Wildman–Crippen MR) is 242 cm³/mol. The Balaban J connectivity index is 1.26. The number of benzene rings is 7. The van der Waals surface area contributed by atoms with E-state index in [2.05, 4.69) is 146 Å². The van der Waals surface area contributed by atoms with E-state index < -0.39 is 5.41 Å². The fourth-order valence-corrected chi connectivity index (χ4v) is 12.4. The van der Waals surface area contributed by atoms with Crippen molar-refractivity contribution in [2.75, 3.05) is 4.90 Å². The predicted octanol–water partition coefficient (Wildman–Crippen LogP) is 14.4. The van der Waals surface area contributed by atoms with Crippen LogP contribution in [0, 0.1) is 13.8 Å². The fourth-order valence-electron chi connectivity index (χ4n) is 12.4. The molecule has 12 rings (SSSR count). The van der Waals surface area contributed by atoms with Crippen LogP contribution in [-0.4, -0.2) is 0 Å². The summed E-state index contributed by atoms with van der Waals surface area (Å²) >= 11 is 0. The van der Waals surface area contributed by atoms with E-state index in [9.17, 15) is 0 Å². The quantitative estimate of drug-likeness (QED) is 0.173. The van der Waals surface area contributed by atoms with Crippen LogP contribution >= 0.6 is 0 Å². The number of nitrogens with zero attached hydrogens (tertiary/aromatic N) is 1. The molecule has 0 saturated heterocycles. The minimum absolute atomic E-state index is 0.412. The highest BCUT2D eigenvalue weighted by molar-refractivity contribution is 6.01. The molecule has 1 spiro atoms. The average molecular weight is 750 g/mol. The molecule has 1 heteroatoms. The van der Waals surface area contributed by atoms with Gasteiger partial charge in [-0.05, 0) is 198 Å². The van der Waals surface area contributed by atoms with E-state index >= 15 is 0 Å². The Kier molecular flexibility index (Phi) is 7.82. The first kappa shape index (κ1) is 34.4. The van der Waals surface area contributed by atoms with Crippen molar-refractivity contribution in [1.29, 1.82) is 0 Å². The molecule has 0 heterocycles. The average Bonchev–Trinajstić information content (AvgIpc) is 3.74. The van der Waals surface area contributed by atoms with Gasteiger partial charge in [0.25, 0.3) is 0 Å². The van der Waals surface area contributed by atoms with Gasteiger partial charge in [0, 0.05) is 5.56 Å². The van der Waals surface area contributed by atoms with Gasteiger partial charge in [0.15, 0.2) is 0 Å². The van der Waals surface area contributed by atoms with Gasteiger partial charge in [0.1, 0.15) is 0 Å². The highest BCUT2D eigenvalue weighted by atomic mass is 15.2. The molecule has 284 valence electrons. The summed E-state index contributed by atoms with van der Waals surface area (Å²) in [6, 6.07) is 50.3. The summed E-state index contributed by atoms with van der Waals surface area (Å²) in [6.45, 7) is 4.78. The molecular weight excluding hydrogens is 699 g/mol. The first-order valence-electron chi connectivity index (χ1n) is 22.2. The highest BCUT2D eigenvalue weighted by Gasteiger charge is 2.52. The molecule has 0 aromatic heterocycles. The Morgan fingerprint density at radius 2 is 0.810 bits per heavy atom. The standard InChI is InChI=1S/C57H51N/c1-36-30-32-39-17-4-7-21-42(39)55(36)58(56-37(2)31-33-40-18-5-8-22-43(40)56)54-35-53-48(34-49(54)44-26-15-19-38-16-3-6-20-41(38)44)47-25-11-14-29-52(47)57(53)50-27-12-9-23-45(50)46-24-10-13-28-51(46)57/h9-15,19,23-35H,3-8,16-18,20-22H2,1-2H3. The summed E-state index contributed by atoms with van der Waals surface area (Å²) in [5, 5.41) is 0. The number of rotatable bonds is 4. The summed E-state index contributed by atoms with van der Waals surface area (Å²) in [7, 11) is 0. The molecule has 5 aliphatic rings. The van der Waals surface area contributed by atoms with Crippen molar-refractivity contribution in [1.82, 2.24) is 0 Å². The lowest BCUT2D eigenvalue weighted by atomic mass is 9.70. The fraction of sp³-hybridized carbons (Fsp3) is 0.263. The monoisotopic (exact) mass is 749 g/mol. The Bertz CT molecular complexity index is 2720. The molecule has 0 unspecified atom stereocenters. The summed E-state index contributed by atoms with van der Waals surface area (Å²) in [5.74, 6) is 0. The normalized spacial score (nSPS) is 16.4. The van der Waals surface area contributed by atoms with Gasteiger partial charge < -0.3 is 4.90 Å². The molecule has 0 radical (unpaired) electrons. The summed E-state index contributed by atoms with van der Waals surface area (Å²) in [6.07, 6.45) is 14.5. The van der Waals surface area contributed by atoms with Crippen molar-refractivity contribution >= 4 is 17.1 Å². The topological polar surface area (TPSA) is 3.24 Å². The molecule has 7 aromatic carbocycles. The highest BCUT2D eigenvalue weighted by Crippen LogP contribution is 2.64. The van der Waals surface area contributed by atoms with Gasteiger partial charge in [-0.15, -0.1) is 0 Å². The van der Waals surface area contributed by atoms with Crippen LogP contribution in [-0.2, 0) is 43.9 Å². The molecule has 0 fully saturated rings. The van der Waals surface area contributed by atoms with Crippen LogP contribution in [0.1, 0.15) is 105 Å². The zero-order chi connectivity index (χ0) is 38.5. The largest absolute Gasteiger partial charge is 0.309 e. The number of aryl methyl sites for hydroxylation is 5. The smallest absolute Gasteiger partial charge is 0.0726 e. The number of hydrogen-bond acceptors (Lipinski definition) is 1. The lowest BCUT2D eigenvalue weighted by molar-refractivity contribution is 0.681. The van der Waals surface area contributed by atoms with Crippen LogP contribution in [0.5, 0.6) is 0 Å². The van der Waals surface area contributed by atoms with Crippen molar-refractivity contribution in [2.45, 2.75) is 96.3 Å². The van der Waals surface area contributed by atoms with Crippen molar-refractivity contribution in [3.8, 4) is 33.4 Å². The maximum absolute atomic E-state index is 2.85. The lowest BCUT2D eigenvalue weighted by Crippen LogP contribution is -2.27. The molecule has 5 aliphatic carbocycles. The van der Waals surface area contributed by atoms with Crippen LogP contribution in [0.3, 0.4) is 0 Å². The van der Waals surface area contributed by atoms with E-state index in [1.165, 1.54) is 129 Å². The van der Waals surface area contributed by atoms with Gasteiger partial charge in [0.2, 0.25) is 0 Å². The third-order valence-corrected chi connectivity index (χ3v) is 14.9. The SMILES string of the molecule is Cc1ccc2c(c1N(c1cc3c(cc1-c1cccc4c1CCCC4)-c1ccccc1C31c3ccccc3-c3ccccc31)c1c(C)ccc3c1CCCC3)CCCC2. The zero-order valence-corrected chi connectivity index (χ0v) is 34.1. The van der Waals surface area contributed by atoms with E-state index in [0.717, 1.165) is 32.1 Å². The second-order valence-electron chi connectivity index (χ2n) is 17.9. The number of anilines is 3. The second kappa shape index (κ2) is 13.2. The molecule has 58 heavy (non-hydrogen) atoms. The van der Waals surface area contributed by atoms with E-state index in [1.807, 2.05) is 0 Å². The second-order valence-corrected chi connectivity index (χ2v) is 17.9. The molecule has 0 bridgehead atoms. The number of hydrogen-bond donors (Lipinski definition) is 0. The van der Waals surface area contributed by atoms with Crippen molar-refractivity contribution < 1.29 is 0 Å². The number of fused-ring (bicyclic) bond motifs is 13. The molecule has 1 nitrogen and oxygen atoms in total. The van der Waals surface area contributed by atoms with E-state index in [-0.39, 0.29) is 0 Å². The van der Waals surface area contributed by atoms with Crippen LogP contribution in [0.25, 0.3) is 33.4 Å². The van der Waals surface area contributed by atoms with Gasteiger partial charge in [0.05, 0.1) is 22.5 Å². The maximum Gasteiger partial charge on any atom is 0.0726 e.